The number of rotatable bonds is 6. The molecule has 3 rings (SSSR count). The fourth-order valence-corrected chi connectivity index (χ4v) is 3.51. The van der Waals surface area contributed by atoms with Crippen LogP contribution in [0.3, 0.4) is 0 Å². The van der Waals surface area contributed by atoms with Crippen LogP contribution in [0.1, 0.15) is 42.3 Å². The van der Waals surface area contributed by atoms with Gasteiger partial charge in [-0.2, -0.15) is 0 Å². The maximum Gasteiger partial charge on any atom is 0.255 e. The van der Waals surface area contributed by atoms with Crippen LogP contribution in [0.2, 0.25) is 0 Å². The van der Waals surface area contributed by atoms with Crippen LogP contribution in [0.15, 0.2) is 28.7 Å². The van der Waals surface area contributed by atoms with E-state index in [2.05, 4.69) is 5.32 Å². The van der Waals surface area contributed by atoms with E-state index in [1.807, 2.05) is 31.2 Å². The van der Waals surface area contributed by atoms with Gasteiger partial charge < -0.3 is 20.2 Å². The number of hydrogen-bond acceptors (Lipinski definition) is 4. The number of furan rings is 1. The number of nitrogens with two attached hydrogens (primary N) is 1. The largest absolute Gasteiger partial charge is 0.460 e. The van der Waals surface area contributed by atoms with Gasteiger partial charge in [0.1, 0.15) is 11.3 Å². The Labute approximate surface area is 146 Å². The minimum absolute atomic E-state index is 0.133. The van der Waals surface area contributed by atoms with E-state index in [1.54, 1.807) is 0 Å². The lowest BCUT2D eigenvalue weighted by Crippen LogP contribution is -2.44. The molecule has 0 radical (unpaired) electrons. The number of para-hydroxylation sites is 1. The second-order valence-corrected chi connectivity index (χ2v) is 6.45. The van der Waals surface area contributed by atoms with Crippen LogP contribution >= 0.6 is 0 Å². The van der Waals surface area contributed by atoms with Gasteiger partial charge in [-0.15, -0.1) is 0 Å². The van der Waals surface area contributed by atoms with Gasteiger partial charge in [0.15, 0.2) is 0 Å². The van der Waals surface area contributed by atoms with Crippen molar-refractivity contribution in [2.24, 2.45) is 11.7 Å². The van der Waals surface area contributed by atoms with Crippen LogP contribution in [0, 0.1) is 5.92 Å². The molecule has 3 N–H and O–H groups in total. The molecule has 0 spiro atoms. The lowest BCUT2D eigenvalue weighted by atomic mass is 9.89. The lowest BCUT2D eigenvalue weighted by Gasteiger charge is -2.30. The molecule has 6 nitrogen and oxygen atoms in total. The number of benzene rings is 1. The average Bonchev–Trinajstić information content (AvgIpc) is 3.00. The van der Waals surface area contributed by atoms with E-state index in [9.17, 15) is 9.59 Å². The van der Waals surface area contributed by atoms with E-state index in [4.69, 9.17) is 14.9 Å². The smallest absolute Gasteiger partial charge is 0.255 e. The second kappa shape index (κ2) is 7.70. The van der Waals surface area contributed by atoms with Crippen molar-refractivity contribution in [3.8, 4) is 0 Å². The normalized spacial score (nSPS) is 16.7. The molecule has 1 aliphatic heterocycles. The number of aryl methyl sites for hydroxylation is 1. The second-order valence-electron chi connectivity index (χ2n) is 6.45. The fourth-order valence-electron chi connectivity index (χ4n) is 3.51. The number of nitrogens with one attached hydrogen (secondary N) is 1. The van der Waals surface area contributed by atoms with Gasteiger partial charge in [-0.05, 0) is 24.8 Å². The van der Waals surface area contributed by atoms with Gasteiger partial charge in [-0.1, -0.05) is 25.1 Å². The van der Waals surface area contributed by atoms with Gasteiger partial charge in [0.25, 0.3) is 5.91 Å². The highest BCUT2D eigenvalue weighted by Gasteiger charge is 2.29. The molecule has 134 valence electrons. The highest BCUT2D eigenvalue weighted by Crippen LogP contribution is 2.27. The molecule has 2 aromatic rings. The molecule has 25 heavy (non-hydrogen) atoms. The molecule has 0 aliphatic carbocycles. The zero-order valence-electron chi connectivity index (χ0n) is 14.4. The van der Waals surface area contributed by atoms with Crippen molar-refractivity contribution in [1.29, 1.82) is 0 Å². The summed E-state index contributed by atoms with van der Waals surface area (Å²) in [7, 11) is 0. The number of hydrogen-bond donors (Lipinski definition) is 2. The molecular formula is C19H24N2O4. The fraction of sp³-hybridized carbons (Fsp3) is 0.474. The molecular weight excluding hydrogens is 320 g/mol. The third kappa shape index (κ3) is 3.85. The maximum absolute atomic E-state index is 13.0. The van der Waals surface area contributed by atoms with E-state index >= 15 is 0 Å². The van der Waals surface area contributed by atoms with Crippen molar-refractivity contribution in [3.05, 3.63) is 35.6 Å². The minimum atomic E-state index is -0.412. The summed E-state index contributed by atoms with van der Waals surface area (Å²) < 4.78 is 11.2. The van der Waals surface area contributed by atoms with Crippen molar-refractivity contribution in [2.45, 2.75) is 38.6 Å². The van der Waals surface area contributed by atoms with Crippen LogP contribution in [-0.4, -0.2) is 31.1 Å². The zero-order valence-corrected chi connectivity index (χ0v) is 14.4. The predicted octanol–water partition coefficient (Wildman–Crippen LogP) is 2.40. The van der Waals surface area contributed by atoms with Gasteiger partial charge in [-0.25, -0.2) is 0 Å². The Hall–Kier alpha value is -2.34. The summed E-state index contributed by atoms with van der Waals surface area (Å²) in [6, 6.07) is 7.21. The maximum atomic E-state index is 13.0. The average molecular weight is 344 g/mol. The number of carbonyl (C=O) groups is 2. The first-order chi connectivity index (χ1) is 12.1. The molecule has 1 atom stereocenters. The standard InChI is InChI=1S/C19H24N2O4/c1-2-15-18(13-5-3-4-6-16(13)25-15)19(23)21-14(11-17(20)22)12-7-9-24-10-8-12/h3-6,12,14H,2,7-11H2,1H3,(H2,20,22)(H,21,23)/t14-/m0/s1. The Bertz CT molecular complexity index is 762. The van der Waals surface area contributed by atoms with E-state index < -0.39 is 5.91 Å². The first-order valence-electron chi connectivity index (χ1n) is 8.77. The van der Waals surface area contributed by atoms with Gasteiger partial charge in [0.05, 0.1) is 5.56 Å². The van der Waals surface area contributed by atoms with E-state index in [0.717, 1.165) is 18.2 Å². The van der Waals surface area contributed by atoms with Crippen LogP contribution < -0.4 is 11.1 Å². The van der Waals surface area contributed by atoms with Crippen LogP contribution in [0.4, 0.5) is 0 Å². The summed E-state index contributed by atoms with van der Waals surface area (Å²) in [5.41, 5.74) is 6.65. The lowest BCUT2D eigenvalue weighted by molar-refractivity contribution is -0.118. The Morgan fingerprint density at radius 1 is 1.28 bits per heavy atom. The Morgan fingerprint density at radius 2 is 2.00 bits per heavy atom. The van der Waals surface area contributed by atoms with Gasteiger partial charge in [0, 0.05) is 37.5 Å². The van der Waals surface area contributed by atoms with Crippen LogP contribution in [-0.2, 0) is 16.0 Å². The van der Waals surface area contributed by atoms with Crippen molar-refractivity contribution in [2.75, 3.05) is 13.2 Å². The first-order valence-corrected chi connectivity index (χ1v) is 8.77. The van der Waals surface area contributed by atoms with E-state index in [1.165, 1.54) is 0 Å². The molecule has 2 amide bonds. The summed E-state index contributed by atoms with van der Waals surface area (Å²) in [5.74, 6) is 0.223. The summed E-state index contributed by atoms with van der Waals surface area (Å²) in [6.45, 7) is 3.24. The summed E-state index contributed by atoms with van der Waals surface area (Å²) in [4.78, 5) is 24.5. The quantitative estimate of drug-likeness (QED) is 0.841. The monoisotopic (exact) mass is 344 g/mol. The molecule has 1 saturated heterocycles. The zero-order chi connectivity index (χ0) is 17.8. The molecule has 0 bridgehead atoms. The van der Waals surface area contributed by atoms with Crippen molar-refractivity contribution in [3.63, 3.8) is 0 Å². The van der Waals surface area contributed by atoms with Crippen LogP contribution in [0.5, 0.6) is 0 Å². The van der Waals surface area contributed by atoms with Gasteiger partial charge >= 0.3 is 0 Å². The van der Waals surface area contributed by atoms with E-state index in [-0.39, 0.29) is 24.3 Å². The topological polar surface area (TPSA) is 94.6 Å². The molecule has 1 fully saturated rings. The van der Waals surface area contributed by atoms with Crippen molar-refractivity contribution in [1.82, 2.24) is 5.32 Å². The van der Waals surface area contributed by atoms with Crippen molar-refractivity contribution < 1.29 is 18.7 Å². The predicted molar refractivity (Wildman–Crippen MR) is 94.2 cm³/mol. The van der Waals surface area contributed by atoms with Crippen LogP contribution in [0.25, 0.3) is 11.0 Å². The Balaban J connectivity index is 1.87. The highest BCUT2D eigenvalue weighted by atomic mass is 16.5. The first kappa shape index (κ1) is 17.5. The number of primary amides is 1. The van der Waals surface area contributed by atoms with Gasteiger partial charge in [-0.3, -0.25) is 9.59 Å². The Morgan fingerprint density at radius 3 is 2.68 bits per heavy atom. The minimum Gasteiger partial charge on any atom is -0.460 e. The molecule has 1 aromatic heterocycles. The van der Waals surface area contributed by atoms with E-state index in [0.29, 0.717) is 36.5 Å². The highest BCUT2D eigenvalue weighted by molar-refractivity contribution is 6.07. The molecule has 1 aliphatic rings. The Kier molecular flexibility index (Phi) is 5.38. The molecule has 6 heteroatoms. The van der Waals surface area contributed by atoms with Gasteiger partial charge in [0.2, 0.25) is 5.91 Å². The molecule has 0 saturated carbocycles. The molecule has 0 unspecified atom stereocenters. The van der Waals surface area contributed by atoms with Crippen molar-refractivity contribution >= 4 is 22.8 Å². The summed E-state index contributed by atoms with van der Waals surface area (Å²) in [5, 5.41) is 3.83. The summed E-state index contributed by atoms with van der Waals surface area (Å²) >= 11 is 0. The SMILES string of the molecule is CCc1oc2ccccc2c1C(=O)N[C@@H](CC(N)=O)C1CCOCC1. The molecule has 1 aromatic carbocycles. The number of ether oxygens (including phenoxy) is 1. The third-order valence-corrected chi connectivity index (χ3v) is 4.79. The third-order valence-electron chi connectivity index (χ3n) is 4.79. The number of fused-ring (bicyclic) bond motifs is 1. The number of carbonyl (C=O) groups excluding carboxylic acids is 2. The summed E-state index contributed by atoms with van der Waals surface area (Å²) in [6.07, 6.45) is 2.37. The molecule has 2 heterocycles. The number of amides is 2.